The molecule has 0 bridgehead atoms. The minimum absolute atomic E-state index is 0. The van der Waals surface area contributed by atoms with Crippen molar-refractivity contribution in [3.63, 3.8) is 0 Å². The van der Waals surface area contributed by atoms with Gasteiger partial charge in [0, 0.05) is 6.54 Å². The first-order chi connectivity index (χ1) is 12.0. The molecule has 0 aliphatic carbocycles. The summed E-state index contributed by atoms with van der Waals surface area (Å²) in [5.74, 6) is -1.61. The van der Waals surface area contributed by atoms with Crippen molar-refractivity contribution in [1.29, 1.82) is 0 Å². The second kappa shape index (κ2) is 10.8. The Labute approximate surface area is 160 Å². The van der Waals surface area contributed by atoms with Crippen LogP contribution in [0.4, 0.5) is 4.39 Å². The number of benzene rings is 1. The Kier molecular flexibility index (Phi) is 9.11. The topological polar surface area (TPSA) is 95.4 Å². The lowest BCUT2D eigenvalue weighted by Gasteiger charge is -2.17. The minimum Gasteiger partial charge on any atom is -0.480 e. The molecular weight excluding hydrogens is 383 g/mol. The quantitative estimate of drug-likeness (QED) is 0.668. The van der Waals surface area contributed by atoms with E-state index in [1.807, 2.05) is 6.92 Å². The minimum atomic E-state index is -0.907. The second-order valence-corrected chi connectivity index (χ2v) is 6.48. The maximum Gasteiger partial charge on any atom is 0.317 e. The number of rotatable bonds is 9. The maximum absolute atomic E-state index is 12.8. The zero-order chi connectivity index (χ0) is 18.2. The molecule has 0 spiro atoms. The number of hydrogen-bond donors (Lipinski definition) is 2. The Morgan fingerprint density at radius 3 is 2.58 bits per heavy atom. The van der Waals surface area contributed by atoms with Crippen LogP contribution >= 0.6 is 23.7 Å². The molecule has 0 aliphatic heterocycles. The fourth-order valence-corrected chi connectivity index (χ4v) is 2.98. The fourth-order valence-electron chi connectivity index (χ4n) is 2.18. The number of carboxylic acids is 1. The first-order valence-corrected chi connectivity index (χ1v) is 8.58. The zero-order valence-electron chi connectivity index (χ0n) is 14.1. The smallest absolute Gasteiger partial charge is 0.317 e. The van der Waals surface area contributed by atoms with Crippen LogP contribution < -0.4 is 5.32 Å². The highest BCUT2D eigenvalue weighted by Crippen LogP contribution is 2.13. The number of aliphatic carboxylic acids is 1. The summed E-state index contributed by atoms with van der Waals surface area (Å²) >= 11 is 1.13. The molecule has 0 saturated carbocycles. The predicted molar refractivity (Wildman–Crippen MR) is 97.9 cm³/mol. The molecule has 26 heavy (non-hydrogen) atoms. The van der Waals surface area contributed by atoms with Crippen molar-refractivity contribution in [2.24, 2.45) is 0 Å². The third-order valence-electron chi connectivity index (χ3n) is 3.28. The van der Waals surface area contributed by atoms with E-state index in [0.29, 0.717) is 18.1 Å². The van der Waals surface area contributed by atoms with E-state index in [-0.39, 0.29) is 42.2 Å². The molecule has 0 unspecified atom stereocenters. The molecule has 142 valence electrons. The summed E-state index contributed by atoms with van der Waals surface area (Å²) < 4.78 is 12.8. The number of nitrogens with one attached hydrogen (secondary N) is 1. The molecule has 7 nitrogen and oxygen atoms in total. The summed E-state index contributed by atoms with van der Waals surface area (Å²) in [6.45, 7) is 3.10. The van der Waals surface area contributed by atoms with Crippen LogP contribution in [-0.4, -0.2) is 45.2 Å². The molecule has 2 rings (SSSR count). The maximum atomic E-state index is 12.8. The van der Waals surface area contributed by atoms with E-state index in [0.717, 1.165) is 23.3 Å². The lowest BCUT2D eigenvalue weighted by molar-refractivity contribution is -0.138. The lowest BCUT2D eigenvalue weighted by atomic mass is 10.2. The second-order valence-electron chi connectivity index (χ2n) is 5.41. The SMILES string of the molecule is CCCN(CC(=O)O)Cc1nnc(C(=O)NCc2ccc(F)cc2)s1.Cl. The van der Waals surface area contributed by atoms with Crippen molar-refractivity contribution < 1.29 is 19.1 Å². The lowest BCUT2D eigenvalue weighted by Crippen LogP contribution is -2.30. The highest BCUT2D eigenvalue weighted by Gasteiger charge is 2.16. The Balaban J connectivity index is 0.00000338. The van der Waals surface area contributed by atoms with Crippen LogP contribution in [0.1, 0.15) is 33.7 Å². The van der Waals surface area contributed by atoms with Gasteiger partial charge in [-0.25, -0.2) is 4.39 Å². The first kappa shape index (κ1) is 21.9. The number of amides is 1. The van der Waals surface area contributed by atoms with Crippen LogP contribution in [0.5, 0.6) is 0 Å². The number of aromatic nitrogens is 2. The molecule has 2 N–H and O–H groups in total. The number of halogens is 2. The van der Waals surface area contributed by atoms with E-state index < -0.39 is 5.97 Å². The van der Waals surface area contributed by atoms with Gasteiger partial charge in [-0.1, -0.05) is 30.4 Å². The van der Waals surface area contributed by atoms with Crippen LogP contribution in [0.3, 0.4) is 0 Å². The Morgan fingerprint density at radius 1 is 1.27 bits per heavy atom. The van der Waals surface area contributed by atoms with Crippen molar-refractivity contribution >= 4 is 35.6 Å². The molecule has 10 heteroatoms. The van der Waals surface area contributed by atoms with Gasteiger partial charge < -0.3 is 10.4 Å². The number of carboxylic acid groups (broad SMARTS) is 1. The summed E-state index contributed by atoms with van der Waals surface area (Å²) in [4.78, 5) is 24.7. The molecule has 1 amide bonds. The van der Waals surface area contributed by atoms with Crippen LogP contribution in [0.25, 0.3) is 0 Å². The van der Waals surface area contributed by atoms with Crippen LogP contribution in [0.2, 0.25) is 0 Å². The number of nitrogens with zero attached hydrogens (tertiary/aromatic N) is 3. The van der Waals surface area contributed by atoms with Gasteiger partial charge in [-0.05, 0) is 30.7 Å². The van der Waals surface area contributed by atoms with E-state index >= 15 is 0 Å². The average molecular weight is 403 g/mol. The van der Waals surface area contributed by atoms with E-state index in [2.05, 4.69) is 15.5 Å². The molecule has 2 aromatic rings. The van der Waals surface area contributed by atoms with Gasteiger partial charge in [0.1, 0.15) is 10.8 Å². The molecule has 0 radical (unpaired) electrons. The molecule has 1 aromatic carbocycles. The Hall–Kier alpha value is -2.10. The standard InChI is InChI=1S/C16H19FN4O3S.ClH/c1-2-7-21(10-14(22)23)9-13-19-20-16(25-13)15(24)18-8-11-3-5-12(17)6-4-11;/h3-6H,2,7-10H2,1H3,(H,18,24)(H,22,23);1H. The van der Waals surface area contributed by atoms with Gasteiger partial charge in [0.2, 0.25) is 5.01 Å². The van der Waals surface area contributed by atoms with Crippen LogP contribution in [0.15, 0.2) is 24.3 Å². The highest BCUT2D eigenvalue weighted by molar-refractivity contribution is 7.13. The van der Waals surface area contributed by atoms with Gasteiger partial charge in [-0.2, -0.15) is 0 Å². The van der Waals surface area contributed by atoms with Crippen molar-refractivity contribution in [1.82, 2.24) is 20.4 Å². The van der Waals surface area contributed by atoms with Gasteiger partial charge in [0.05, 0.1) is 13.1 Å². The third-order valence-corrected chi connectivity index (χ3v) is 4.19. The average Bonchev–Trinajstić information content (AvgIpc) is 3.02. The summed E-state index contributed by atoms with van der Waals surface area (Å²) in [6.07, 6.45) is 0.817. The van der Waals surface area contributed by atoms with E-state index in [4.69, 9.17) is 5.11 Å². The van der Waals surface area contributed by atoms with Gasteiger partial charge in [0.25, 0.3) is 5.91 Å². The van der Waals surface area contributed by atoms with Gasteiger partial charge in [-0.15, -0.1) is 22.6 Å². The predicted octanol–water partition coefficient (Wildman–Crippen LogP) is 2.33. The van der Waals surface area contributed by atoms with Crippen molar-refractivity contribution in [3.8, 4) is 0 Å². The van der Waals surface area contributed by atoms with Gasteiger partial charge in [-0.3, -0.25) is 14.5 Å². The van der Waals surface area contributed by atoms with E-state index in [1.165, 1.54) is 12.1 Å². The zero-order valence-corrected chi connectivity index (χ0v) is 15.8. The summed E-state index contributed by atoms with van der Waals surface area (Å²) in [6, 6.07) is 5.84. The van der Waals surface area contributed by atoms with Gasteiger partial charge in [0.15, 0.2) is 0 Å². The third kappa shape index (κ3) is 7.03. The van der Waals surface area contributed by atoms with Crippen LogP contribution in [0, 0.1) is 5.82 Å². The highest BCUT2D eigenvalue weighted by atomic mass is 35.5. The summed E-state index contributed by atoms with van der Waals surface area (Å²) in [7, 11) is 0. The molecule has 0 atom stereocenters. The summed E-state index contributed by atoms with van der Waals surface area (Å²) in [5, 5.41) is 20.2. The molecule has 0 aliphatic rings. The van der Waals surface area contributed by atoms with Gasteiger partial charge >= 0.3 is 5.97 Å². The Bertz CT molecular complexity index is 727. The Morgan fingerprint density at radius 2 is 1.96 bits per heavy atom. The first-order valence-electron chi connectivity index (χ1n) is 7.77. The molecule has 1 heterocycles. The number of carbonyl (C=O) groups excluding carboxylic acids is 1. The fraction of sp³-hybridized carbons (Fsp3) is 0.375. The van der Waals surface area contributed by atoms with Crippen molar-refractivity contribution in [2.75, 3.05) is 13.1 Å². The van der Waals surface area contributed by atoms with E-state index in [1.54, 1.807) is 17.0 Å². The van der Waals surface area contributed by atoms with E-state index in [9.17, 15) is 14.0 Å². The number of hydrogen-bond acceptors (Lipinski definition) is 6. The number of carbonyl (C=O) groups is 2. The normalized spacial score (nSPS) is 10.4. The molecule has 0 saturated heterocycles. The molecular formula is C16H20ClFN4O3S. The monoisotopic (exact) mass is 402 g/mol. The largest absolute Gasteiger partial charge is 0.480 e. The molecule has 1 aromatic heterocycles. The summed E-state index contributed by atoms with van der Waals surface area (Å²) in [5.41, 5.74) is 0.773. The van der Waals surface area contributed by atoms with Crippen molar-refractivity contribution in [3.05, 3.63) is 45.7 Å². The van der Waals surface area contributed by atoms with Crippen LogP contribution in [-0.2, 0) is 17.9 Å². The van der Waals surface area contributed by atoms with Crippen molar-refractivity contribution in [2.45, 2.75) is 26.4 Å². The molecule has 0 fully saturated rings.